The van der Waals surface area contributed by atoms with Gasteiger partial charge in [0.05, 0.1) is 0 Å². The molecule has 90 valence electrons. The Hall–Kier alpha value is -1.62. The van der Waals surface area contributed by atoms with Gasteiger partial charge >= 0.3 is 0 Å². The number of unbranched alkanes of at least 4 members (excludes halogenated alkanes) is 1. The molecule has 0 saturated carbocycles. The maximum Gasteiger partial charge on any atom is 0.184 e. The molecule has 0 unspecified atom stereocenters. The molecule has 0 bridgehead atoms. The van der Waals surface area contributed by atoms with Gasteiger partial charge in [-0.3, -0.25) is 0 Å². The molecule has 0 aliphatic carbocycles. The van der Waals surface area contributed by atoms with E-state index in [-0.39, 0.29) is 0 Å². The smallest absolute Gasteiger partial charge is 0.184 e. The van der Waals surface area contributed by atoms with Crippen LogP contribution in [0.3, 0.4) is 0 Å². The second-order valence-corrected chi connectivity index (χ2v) is 4.25. The minimum atomic E-state index is 0.588. The summed E-state index contributed by atoms with van der Waals surface area (Å²) in [5, 5.41) is 12.3. The lowest BCUT2D eigenvalue weighted by molar-refractivity contribution is 0.557. The van der Waals surface area contributed by atoms with Crippen LogP contribution < -0.4 is 5.73 Å². The highest BCUT2D eigenvalue weighted by Crippen LogP contribution is 2.26. The van der Waals surface area contributed by atoms with Crippen LogP contribution >= 0.6 is 11.6 Å². The van der Waals surface area contributed by atoms with E-state index in [1.807, 2.05) is 6.07 Å². The predicted molar refractivity (Wildman–Crippen MR) is 67.6 cm³/mol. The normalized spacial score (nSPS) is 10.7. The van der Waals surface area contributed by atoms with Gasteiger partial charge in [0.2, 0.25) is 0 Å². The standard InChI is InChI=1S/C11H14ClN5/c1-2-3-6-17-11(14-15-16-17)9-5-4-8(12)7-10(9)13/h4-5,7H,2-3,6,13H2,1H3. The zero-order chi connectivity index (χ0) is 12.3. The molecule has 0 atom stereocenters. The summed E-state index contributed by atoms with van der Waals surface area (Å²) in [6.45, 7) is 2.92. The summed E-state index contributed by atoms with van der Waals surface area (Å²) in [5.74, 6) is 0.688. The van der Waals surface area contributed by atoms with E-state index in [0.717, 1.165) is 24.9 Å². The first-order valence-corrected chi connectivity index (χ1v) is 5.91. The third-order valence-electron chi connectivity index (χ3n) is 2.51. The van der Waals surface area contributed by atoms with Gasteiger partial charge in [-0.2, -0.15) is 0 Å². The second-order valence-electron chi connectivity index (χ2n) is 3.81. The monoisotopic (exact) mass is 251 g/mol. The number of nitrogens with zero attached hydrogens (tertiary/aromatic N) is 4. The first kappa shape index (κ1) is 11.9. The Morgan fingerprint density at radius 2 is 2.24 bits per heavy atom. The molecule has 0 saturated heterocycles. The number of nitrogens with two attached hydrogens (primary N) is 1. The number of halogens is 1. The molecule has 5 nitrogen and oxygen atoms in total. The lowest BCUT2D eigenvalue weighted by Gasteiger charge is -2.06. The van der Waals surface area contributed by atoms with Crippen molar-refractivity contribution in [2.24, 2.45) is 0 Å². The van der Waals surface area contributed by atoms with Crippen molar-refractivity contribution in [2.45, 2.75) is 26.3 Å². The molecule has 17 heavy (non-hydrogen) atoms. The topological polar surface area (TPSA) is 69.6 Å². The fourth-order valence-electron chi connectivity index (χ4n) is 1.59. The van der Waals surface area contributed by atoms with E-state index in [2.05, 4.69) is 22.4 Å². The lowest BCUT2D eigenvalue weighted by atomic mass is 10.1. The van der Waals surface area contributed by atoms with Crippen LogP contribution in [0.1, 0.15) is 19.8 Å². The summed E-state index contributed by atoms with van der Waals surface area (Å²) in [7, 11) is 0. The molecule has 0 amide bonds. The Labute approximate surface area is 105 Å². The first-order valence-electron chi connectivity index (χ1n) is 5.54. The number of benzene rings is 1. The number of hydrogen-bond donors (Lipinski definition) is 1. The van der Waals surface area contributed by atoms with Crippen LogP contribution in [0.25, 0.3) is 11.4 Å². The Morgan fingerprint density at radius 1 is 1.41 bits per heavy atom. The molecule has 1 aromatic heterocycles. The molecule has 1 aromatic carbocycles. The van der Waals surface area contributed by atoms with Gasteiger partial charge in [-0.25, -0.2) is 4.68 Å². The zero-order valence-corrected chi connectivity index (χ0v) is 10.4. The minimum absolute atomic E-state index is 0.588. The number of rotatable bonds is 4. The van der Waals surface area contributed by atoms with Gasteiger partial charge in [0.25, 0.3) is 0 Å². The van der Waals surface area contributed by atoms with Crippen molar-refractivity contribution in [1.82, 2.24) is 20.2 Å². The van der Waals surface area contributed by atoms with E-state index in [1.54, 1.807) is 16.8 Å². The fraction of sp³-hybridized carbons (Fsp3) is 0.364. The maximum atomic E-state index is 5.92. The third kappa shape index (κ3) is 2.55. The number of aromatic nitrogens is 4. The van der Waals surface area contributed by atoms with E-state index < -0.39 is 0 Å². The average Bonchev–Trinajstić information content (AvgIpc) is 2.74. The van der Waals surface area contributed by atoms with Crippen molar-refractivity contribution in [2.75, 3.05) is 5.73 Å². The lowest BCUT2D eigenvalue weighted by Crippen LogP contribution is -2.04. The van der Waals surface area contributed by atoms with Crippen molar-refractivity contribution in [3.63, 3.8) is 0 Å². The first-order chi connectivity index (χ1) is 8.22. The van der Waals surface area contributed by atoms with Crippen molar-refractivity contribution >= 4 is 17.3 Å². The maximum absolute atomic E-state index is 5.92. The second kappa shape index (κ2) is 5.14. The molecular weight excluding hydrogens is 238 g/mol. The average molecular weight is 252 g/mol. The molecule has 0 spiro atoms. The van der Waals surface area contributed by atoms with Crippen LogP contribution in [-0.2, 0) is 6.54 Å². The molecule has 1 heterocycles. The van der Waals surface area contributed by atoms with E-state index in [4.69, 9.17) is 17.3 Å². The molecule has 2 aromatic rings. The Morgan fingerprint density at radius 3 is 2.94 bits per heavy atom. The zero-order valence-electron chi connectivity index (χ0n) is 9.60. The molecular formula is C11H14ClN5. The SMILES string of the molecule is CCCCn1nnnc1-c1ccc(Cl)cc1N. The largest absolute Gasteiger partial charge is 0.398 e. The summed E-state index contributed by atoms with van der Waals surface area (Å²) in [6.07, 6.45) is 2.13. The summed E-state index contributed by atoms with van der Waals surface area (Å²) in [5.41, 5.74) is 7.32. The quantitative estimate of drug-likeness (QED) is 0.847. The summed E-state index contributed by atoms with van der Waals surface area (Å²) < 4.78 is 1.77. The molecule has 0 fully saturated rings. The van der Waals surface area contributed by atoms with Gasteiger partial charge in [0, 0.05) is 22.8 Å². The Balaban J connectivity index is 2.35. The van der Waals surface area contributed by atoms with Crippen molar-refractivity contribution in [3.05, 3.63) is 23.2 Å². The highest BCUT2D eigenvalue weighted by molar-refractivity contribution is 6.31. The number of anilines is 1. The Bertz CT molecular complexity index is 508. The van der Waals surface area contributed by atoms with Crippen LogP contribution in [-0.4, -0.2) is 20.2 Å². The van der Waals surface area contributed by atoms with Crippen LogP contribution in [0.4, 0.5) is 5.69 Å². The Kier molecular flexibility index (Phi) is 3.58. The molecule has 2 rings (SSSR count). The molecule has 0 aliphatic rings. The van der Waals surface area contributed by atoms with Gasteiger partial charge in [0.15, 0.2) is 5.82 Å². The highest BCUT2D eigenvalue weighted by Gasteiger charge is 2.11. The van der Waals surface area contributed by atoms with Gasteiger partial charge in [-0.1, -0.05) is 24.9 Å². The van der Waals surface area contributed by atoms with Crippen LogP contribution in [0.2, 0.25) is 5.02 Å². The van der Waals surface area contributed by atoms with Crippen molar-refractivity contribution in [1.29, 1.82) is 0 Å². The molecule has 0 aliphatic heterocycles. The van der Waals surface area contributed by atoms with Crippen LogP contribution in [0, 0.1) is 0 Å². The van der Waals surface area contributed by atoms with Crippen LogP contribution in [0.5, 0.6) is 0 Å². The van der Waals surface area contributed by atoms with Gasteiger partial charge in [0.1, 0.15) is 0 Å². The summed E-state index contributed by atoms with van der Waals surface area (Å²) in [6, 6.07) is 5.33. The summed E-state index contributed by atoms with van der Waals surface area (Å²) >= 11 is 5.86. The van der Waals surface area contributed by atoms with E-state index in [0.29, 0.717) is 16.5 Å². The number of hydrogen-bond acceptors (Lipinski definition) is 4. The number of tetrazole rings is 1. The van der Waals surface area contributed by atoms with Crippen LogP contribution in [0.15, 0.2) is 18.2 Å². The van der Waals surface area contributed by atoms with Gasteiger partial charge in [-0.05, 0) is 35.0 Å². The number of aryl methyl sites for hydroxylation is 1. The summed E-state index contributed by atoms with van der Waals surface area (Å²) in [4.78, 5) is 0. The van der Waals surface area contributed by atoms with Gasteiger partial charge in [-0.15, -0.1) is 5.10 Å². The van der Waals surface area contributed by atoms with Gasteiger partial charge < -0.3 is 5.73 Å². The molecule has 2 N–H and O–H groups in total. The fourth-order valence-corrected chi connectivity index (χ4v) is 1.77. The highest BCUT2D eigenvalue weighted by atomic mass is 35.5. The molecule has 0 radical (unpaired) electrons. The molecule has 6 heteroatoms. The number of nitrogen functional groups attached to an aromatic ring is 1. The van der Waals surface area contributed by atoms with Crippen molar-refractivity contribution < 1.29 is 0 Å². The van der Waals surface area contributed by atoms with E-state index >= 15 is 0 Å². The third-order valence-corrected chi connectivity index (χ3v) is 2.74. The minimum Gasteiger partial charge on any atom is -0.398 e. The van der Waals surface area contributed by atoms with Crippen molar-refractivity contribution in [3.8, 4) is 11.4 Å². The van der Waals surface area contributed by atoms with E-state index in [9.17, 15) is 0 Å². The predicted octanol–water partition coefficient (Wildman–Crippen LogP) is 2.38. The van der Waals surface area contributed by atoms with E-state index in [1.165, 1.54) is 0 Å².